The zero-order chi connectivity index (χ0) is 20.1. The molecule has 5 heteroatoms. The van der Waals surface area contributed by atoms with Crippen LogP contribution in [0.3, 0.4) is 0 Å². The third-order valence-corrected chi connectivity index (χ3v) is 4.72. The van der Waals surface area contributed by atoms with Crippen molar-refractivity contribution in [2.24, 2.45) is 0 Å². The first kappa shape index (κ1) is 20.8. The van der Waals surface area contributed by atoms with E-state index in [1.807, 2.05) is 32.3 Å². The molecule has 0 bridgehead atoms. The molecule has 0 N–H and O–H groups in total. The Bertz CT molecular complexity index is 814. The summed E-state index contributed by atoms with van der Waals surface area (Å²) in [4.78, 5) is 13.8. The van der Waals surface area contributed by atoms with Crippen LogP contribution in [0.25, 0.3) is 0 Å². The Balaban J connectivity index is 2.37. The van der Waals surface area contributed by atoms with Crippen LogP contribution in [0.5, 0.6) is 17.2 Å². The molecule has 0 amide bonds. The van der Waals surface area contributed by atoms with Crippen LogP contribution in [0.15, 0.2) is 30.3 Å². The van der Waals surface area contributed by atoms with E-state index in [-0.39, 0.29) is 18.4 Å². The smallest absolute Gasteiger partial charge is 0.325 e. The van der Waals surface area contributed by atoms with Gasteiger partial charge < -0.3 is 14.2 Å². The first-order valence-corrected chi connectivity index (χ1v) is 8.95. The number of likely N-dealkylation sites (N-methyl/N-ethyl adjacent to an activating group) is 1. The molecular formula is C22H29NO4. The summed E-state index contributed by atoms with van der Waals surface area (Å²) in [5.74, 6) is 1.63. The maximum atomic E-state index is 12.1. The zero-order valence-electron chi connectivity index (χ0n) is 17.3. The summed E-state index contributed by atoms with van der Waals surface area (Å²) in [6, 6.07) is 9.94. The van der Waals surface area contributed by atoms with Gasteiger partial charge in [-0.2, -0.15) is 0 Å². The maximum absolute atomic E-state index is 12.1. The quantitative estimate of drug-likeness (QED) is 0.545. The standard InChI is InChI=1S/C22H29NO4/c1-14-10-18(12-20(26-7)15(14)2)16(3)17-8-9-19(25-6)21(11-17)27-22(24)13-23(4)5/h8-12,16H,13H2,1-7H3. The molecular weight excluding hydrogens is 342 g/mol. The number of methoxy groups -OCH3 is 2. The molecule has 0 aromatic heterocycles. The van der Waals surface area contributed by atoms with E-state index in [0.29, 0.717) is 11.5 Å². The van der Waals surface area contributed by atoms with Crippen molar-refractivity contribution in [2.75, 3.05) is 34.9 Å². The molecule has 0 heterocycles. The predicted molar refractivity (Wildman–Crippen MR) is 107 cm³/mol. The van der Waals surface area contributed by atoms with Crippen molar-refractivity contribution in [3.8, 4) is 17.2 Å². The van der Waals surface area contributed by atoms with E-state index >= 15 is 0 Å². The Kier molecular flexibility index (Phi) is 6.86. The monoisotopic (exact) mass is 371 g/mol. The second-order valence-electron chi connectivity index (χ2n) is 7.01. The van der Waals surface area contributed by atoms with Crippen molar-refractivity contribution in [2.45, 2.75) is 26.7 Å². The SMILES string of the molecule is COc1ccc(C(C)c2cc(C)c(C)c(OC)c2)cc1OC(=O)CN(C)C. The Morgan fingerprint density at radius 2 is 1.59 bits per heavy atom. The van der Waals surface area contributed by atoms with E-state index in [0.717, 1.165) is 22.4 Å². The molecule has 0 aliphatic heterocycles. The van der Waals surface area contributed by atoms with Crippen LogP contribution in [-0.4, -0.2) is 45.7 Å². The predicted octanol–water partition coefficient (Wildman–Crippen LogP) is 3.94. The van der Waals surface area contributed by atoms with E-state index in [4.69, 9.17) is 14.2 Å². The maximum Gasteiger partial charge on any atom is 0.325 e. The fourth-order valence-electron chi connectivity index (χ4n) is 2.96. The summed E-state index contributed by atoms with van der Waals surface area (Å²) in [6.07, 6.45) is 0. The highest BCUT2D eigenvalue weighted by Gasteiger charge is 2.17. The molecule has 1 atom stereocenters. The van der Waals surface area contributed by atoms with Crippen LogP contribution in [0.1, 0.15) is 35.1 Å². The molecule has 0 spiro atoms. The normalized spacial score (nSPS) is 12.0. The fraction of sp³-hybridized carbons (Fsp3) is 0.409. The van der Waals surface area contributed by atoms with Crippen LogP contribution in [-0.2, 0) is 4.79 Å². The highest BCUT2D eigenvalue weighted by molar-refractivity contribution is 5.75. The molecule has 27 heavy (non-hydrogen) atoms. The van der Waals surface area contributed by atoms with Gasteiger partial charge in [-0.05, 0) is 68.4 Å². The molecule has 1 unspecified atom stereocenters. The van der Waals surface area contributed by atoms with Crippen LogP contribution in [0.4, 0.5) is 0 Å². The lowest BCUT2D eigenvalue weighted by molar-refractivity contribution is -0.135. The van der Waals surface area contributed by atoms with Gasteiger partial charge in [-0.1, -0.05) is 19.1 Å². The number of hydrogen-bond acceptors (Lipinski definition) is 5. The Morgan fingerprint density at radius 3 is 2.19 bits per heavy atom. The molecule has 2 aromatic rings. The van der Waals surface area contributed by atoms with Gasteiger partial charge in [0.15, 0.2) is 11.5 Å². The number of esters is 1. The number of carbonyl (C=O) groups excluding carboxylic acids is 1. The highest BCUT2D eigenvalue weighted by atomic mass is 16.6. The summed E-state index contributed by atoms with van der Waals surface area (Å²) >= 11 is 0. The lowest BCUT2D eigenvalue weighted by atomic mass is 9.90. The van der Waals surface area contributed by atoms with Gasteiger partial charge in [0.2, 0.25) is 0 Å². The van der Waals surface area contributed by atoms with Gasteiger partial charge in [-0.25, -0.2) is 0 Å². The Hall–Kier alpha value is -2.53. The Morgan fingerprint density at radius 1 is 0.963 bits per heavy atom. The van der Waals surface area contributed by atoms with Crippen molar-refractivity contribution in [3.63, 3.8) is 0 Å². The van der Waals surface area contributed by atoms with Gasteiger partial charge in [0.1, 0.15) is 5.75 Å². The van der Waals surface area contributed by atoms with Gasteiger partial charge in [0, 0.05) is 5.92 Å². The highest BCUT2D eigenvalue weighted by Crippen LogP contribution is 2.35. The summed E-state index contributed by atoms with van der Waals surface area (Å²) in [6.45, 7) is 6.46. The number of carbonyl (C=O) groups is 1. The van der Waals surface area contributed by atoms with Crippen LogP contribution in [0.2, 0.25) is 0 Å². The van der Waals surface area contributed by atoms with Crippen molar-refractivity contribution < 1.29 is 19.0 Å². The number of ether oxygens (including phenoxy) is 3. The second kappa shape index (κ2) is 8.91. The van der Waals surface area contributed by atoms with E-state index in [1.165, 1.54) is 5.56 Å². The average Bonchev–Trinajstić information content (AvgIpc) is 2.62. The average molecular weight is 371 g/mol. The van der Waals surface area contributed by atoms with E-state index in [9.17, 15) is 4.79 Å². The summed E-state index contributed by atoms with van der Waals surface area (Å²) in [7, 11) is 6.90. The van der Waals surface area contributed by atoms with Crippen molar-refractivity contribution >= 4 is 5.97 Å². The van der Waals surface area contributed by atoms with E-state index in [2.05, 4.69) is 32.9 Å². The lowest BCUT2D eigenvalue weighted by Crippen LogP contribution is -2.25. The van der Waals surface area contributed by atoms with E-state index < -0.39 is 0 Å². The summed E-state index contributed by atoms with van der Waals surface area (Å²) < 4.78 is 16.4. The number of nitrogens with zero attached hydrogens (tertiary/aromatic N) is 1. The molecule has 2 rings (SSSR count). The van der Waals surface area contributed by atoms with Crippen molar-refractivity contribution in [1.29, 1.82) is 0 Å². The Labute approximate surface area is 161 Å². The molecule has 0 saturated carbocycles. The molecule has 0 fully saturated rings. The summed E-state index contributed by atoms with van der Waals surface area (Å²) in [5, 5.41) is 0. The number of rotatable bonds is 7. The molecule has 2 aromatic carbocycles. The minimum Gasteiger partial charge on any atom is -0.496 e. The molecule has 0 aliphatic rings. The van der Waals surface area contributed by atoms with Gasteiger partial charge in [0.05, 0.1) is 20.8 Å². The summed E-state index contributed by atoms with van der Waals surface area (Å²) in [5.41, 5.74) is 4.50. The topological polar surface area (TPSA) is 48.0 Å². The third-order valence-electron chi connectivity index (χ3n) is 4.72. The first-order chi connectivity index (χ1) is 12.8. The number of benzene rings is 2. The second-order valence-corrected chi connectivity index (χ2v) is 7.01. The van der Waals surface area contributed by atoms with Gasteiger partial charge >= 0.3 is 5.97 Å². The number of aryl methyl sites for hydroxylation is 1. The largest absolute Gasteiger partial charge is 0.496 e. The van der Waals surface area contributed by atoms with Crippen molar-refractivity contribution in [1.82, 2.24) is 4.90 Å². The van der Waals surface area contributed by atoms with Crippen LogP contribution >= 0.6 is 0 Å². The number of hydrogen-bond donors (Lipinski definition) is 0. The first-order valence-electron chi connectivity index (χ1n) is 8.95. The van der Waals surface area contributed by atoms with Gasteiger partial charge in [-0.3, -0.25) is 9.69 Å². The molecule has 0 radical (unpaired) electrons. The zero-order valence-corrected chi connectivity index (χ0v) is 17.3. The lowest BCUT2D eigenvalue weighted by Gasteiger charge is -2.18. The van der Waals surface area contributed by atoms with Crippen molar-refractivity contribution in [3.05, 3.63) is 52.6 Å². The van der Waals surface area contributed by atoms with E-state index in [1.54, 1.807) is 19.1 Å². The minimum absolute atomic E-state index is 0.107. The third kappa shape index (κ3) is 5.01. The fourth-order valence-corrected chi connectivity index (χ4v) is 2.96. The molecule has 146 valence electrons. The molecule has 0 saturated heterocycles. The molecule has 0 aliphatic carbocycles. The van der Waals surface area contributed by atoms with Gasteiger partial charge in [0.25, 0.3) is 0 Å². The van der Waals surface area contributed by atoms with Crippen LogP contribution in [0, 0.1) is 13.8 Å². The van der Waals surface area contributed by atoms with Crippen LogP contribution < -0.4 is 14.2 Å². The molecule has 5 nitrogen and oxygen atoms in total. The van der Waals surface area contributed by atoms with Gasteiger partial charge in [-0.15, -0.1) is 0 Å². The minimum atomic E-state index is -0.323.